The summed E-state index contributed by atoms with van der Waals surface area (Å²) in [5.41, 5.74) is 2.87. The average Bonchev–Trinajstić information content (AvgIpc) is 3.29. The highest BCUT2D eigenvalue weighted by atomic mass is 32.1. The van der Waals surface area contributed by atoms with E-state index in [0.29, 0.717) is 42.1 Å². The molecule has 6 nitrogen and oxygen atoms in total. The Morgan fingerprint density at radius 2 is 2.19 bits per heavy atom. The van der Waals surface area contributed by atoms with Crippen molar-refractivity contribution in [3.8, 4) is 11.5 Å². The van der Waals surface area contributed by atoms with Gasteiger partial charge in [-0.05, 0) is 68.8 Å². The van der Waals surface area contributed by atoms with Crippen molar-refractivity contribution in [2.75, 3.05) is 19.7 Å². The molecule has 4 rings (SSSR count). The van der Waals surface area contributed by atoms with Crippen LogP contribution in [0.15, 0.2) is 23.3 Å². The zero-order valence-corrected chi connectivity index (χ0v) is 18.9. The second kappa shape index (κ2) is 8.85. The third-order valence-electron chi connectivity index (χ3n) is 5.89. The van der Waals surface area contributed by atoms with E-state index >= 15 is 0 Å². The topological polar surface area (TPSA) is 76.1 Å². The molecule has 2 aromatic rings. The lowest BCUT2D eigenvalue weighted by Gasteiger charge is -2.31. The summed E-state index contributed by atoms with van der Waals surface area (Å²) in [6.45, 7) is 7.76. The van der Waals surface area contributed by atoms with Crippen LogP contribution in [0.3, 0.4) is 0 Å². The van der Waals surface area contributed by atoms with Crippen molar-refractivity contribution in [2.45, 2.75) is 40.2 Å². The van der Waals surface area contributed by atoms with E-state index in [4.69, 9.17) is 9.47 Å². The predicted molar refractivity (Wildman–Crippen MR) is 119 cm³/mol. The van der Waals surface area contributed by atoms with Gasteiger partial charge in [0.15, 0.2) is 5.76 Å². The molecule has 1 unspecified atom stereocenters. The second-order valence-corrected chi connectivity index (χ2v) is 9.08. The van der Waals surface area contributed by atoms with Crippen LogP contribution in [0.4, 0.5) is 0 Å². The fraction of sp³-hybridized carbons (Fsp3) is 0.417. The van der Waals surface area contributed by atoms with E-state index in [0.717, 1.165) is 29.8 Å². The van der Waals surface area contributed by atoms with Gasteiger partial charge in [0.2, 0.25) is 5.78 Å². The summed E-state index contributed by atoms with van der Waals surface area (Å²) in [7, 11) is 0. The molecule has 164 valence electrons. The molecule has 2 aliphatic rings. The molecule has 1 fully saturated rings. The molecule has 0 bridgehead atoms. The van der Waals surface area contributed by atoms with E-state index in [-0.39, 0.29) is 29.2 Å². The van der Waals surface area contributed by atoms with Crippen molar-refractivity contribution in [3.05, 3.63) is 50.4 Å². The molecule has 1 saturated heterocycles. The van der Waals surface area contributed by atoms with Gasteiger partial charge in [0.1, 0.15) is 11.5 Å². The quantitative estimate of drug-likeness (QED) is 0.545. The lowest BCUT2D eigenvalue weighted by Crippen LogP contribution is -2.39. The zero-order chi connectivity index (χ0) is 22.1. The number of rotatable bonds is 5. The van der Waals surface area contributed by atoms with Crippen LogP contribution >= 0.6 is 11.3 Å². The van der Waals surface area contributed by atoms with Crippen LogP contribution < -0.4 is 4.74 Å². The van der Waals surface area contributed by atoms with Crippen LogP contribution in [-0.2, 0) is 16.1 Å². The van der Waals surface area contributed by atoms with Gasteiger partial charge in [-0.15, -0.1) is 11.3 Å². The Balaban J connectivity index is 1.62. The molecule has 1 atom stereocenters. The summed E-state index contributed by atoms with van der Waals surface area (Å²) in [5.74, 6) is 0.308. The number of allylic oxidation sites excluding steroid dienone is 1. The first kappa shape index (κ1) is 21.6. The van der Waals surface area contributed by atoms with Gasteiger partial charge >= 0.3 is 5.97 Å². The van der Waals surface area contributed by atoms with Crippen LogP contribution in [0, 0.1) is 19.8 Å². The van der Waals surface area contributed by atoms with Crippen molar-refractivity contribution >= 4 is 29.2 Å². The SMILES string of the molecule is CCOC(=O)C1CCCN(Cc2c(O)cc(C)c3c2O/C(=C\c2sccc2C)C3=O)C1. The molecule has 1 aromatic carbocycles. The molecule has 31 heavy (non-hydrogen) atoms. The number of thiophene rings is 1. The molecule has 0 aliphatic carbocycles. The number of phenolic OH excluding ortho intramolecular Hbond substituents is 1. The standard InChI is InChI=1S/C24H27NO5S/c1-4-29-24(28)16-6-5-8-25(12-16)13-17-18(26)10-15(3)21-22(27)19(30-23(17)21)11-20-14(2)7-9-31-20/h7,9-11,16,26H,4-6,8,12-13H2,1-3H3/b19-11-. The summed E-state index contributed by atoms with van der Waals surface area (Å²) in [5, 5.41) is 12.7. The fourth-order valence-corrected chi connectivity index (χ4v) is 5.11. The Hall–Kier alpha value is -2.64. The van der Waals surface area contributed by atoms with Crippen LogP contribution in [0.25, 0.3) is 6.08 Å². The van der Waals surface area contributed by atoms with Gasteiger partial charge in [0.25, 0.3) is 0 Å². The minimum atomic E-state index is -0.173. The summed E-state index contributed by atoms with van der Waals surface area (Å²) in [6, 6.07) is 3.63. The van der Waals surface area contributed by atoms with Gasteiger partial charge in [-0.25, -0.2) is 0 Å². The Morgan fingerprint density at radius 3 is 2.90 bits per heavy atom. The number of aromatic hydroxyl groups is 1. The number of hydrogen-bond acceptors (Lipinski definition) is 7. The molecule has 1 aromatic heterocycles. The molecule has 1 N–H and O–H groups in total. The average molecular weight is 442 g/mol. The first-order valence-electron chi connectivity index (χ1n) is 10.6. The summed E-state index contributed by atoms with van der Waals surface area (Å²) in [6.07, 6.45) is 3.45. The zero-order valence-electron chi connectivity index (χ0n) is 18.1. The maximum atomic E-state index is 13.1. The number of carbonyl (C=O) groups excluding carboxylic acids is 2. The normalized spacial score (nSPS) is 20.0. The molecule has 0 spiro atoms. The number of fused-ring (bicyclic) bond motifs is 1. The molecule has 0 amide bonds. The number of carbonyl (C=O) groups is 2. The van der Waals surface area contributed by atoms with E-state index < -0.39 is 0 Å². The molecular weight excluding hydrogens is 414 g/mol. The maximum Gasteiger partial charge on any atom is 0.310 e. The smallest absolute Gasteiger partial charge is 0.310 e. The van der Waals surface area contributed by atoms with Crippen molar-refractivity contribution < 1.29 is 24.2 Å². The number of phenols is 1. The molecule has 7 heteroatoms. The highest BCUT2D eigenvalue weighted by molar-refractivity contribution is 7.11. The first-order chi connectivity index (χ1) is 14.9. The van der Waals surface area contributed by atoms with Crippen molar-refractivity contribution in [2.24, 2.45) is 5.92 Å². The molecule has 3 heterocycles. The predicted octanol–water partition coefficient (Wildman–Crippen LogP) is 4.46. The number of ketones is 1. The monoisotopic (exact) mass is 441 g/mol. The molecule has 2 aliphatic heterocycles. The summed E-state index contributed by atoms with van der Waals surface area (Å²) >= 11 is 1.55. The first-order valence-corrected chi connectivity index (χ1v) is 11.5. The number of likely N-dealkylation sites (tertiary alicyclic amines) is 1. The van der Waals surface area contributed by atoms with E-state index in [1.807, 2.05) is 25.3 Å². The lowest BCUT2D eigenvalue weighted by molar-refractivity contribution is -0.150. The van der Waals surface area contributed by atoms with Crippen molar-refractivity contribution in [1.82, 2.24) is 4.90 Å². The molecule has 0 saturated carbocycles. The fourth-order valence-electron chi connectivity index (χ4n) is 4.26. The number of hydrogen-bond donors (Lipinski definition) is 1. The minimum absolute atomic E-state index is 0.107. The lowest BCUT2D eigenvalue weighted by atomic mass is 9.96. The minimum Gasteiger partial charge on any atom is -0.507 e. The Labute approximate surface area is 186 Å². The van der Waals surface area contributed by atoms with Crippen LogP contribution in [-0.4, -0.2) is 41.5 Å². The van der Waals surface area contributed by atoms with Gasteiger partial charge in [0.05, 0.1) is 23.7 Å². The number of ether oxygens (including phenoxy) is 2. The molecule has 0 radical (unpaired) electrons. The van der Waals surface area contributed by atoms with E-state index in [9.17, 15) is 14.7 Å². The van der Waals surface area contributed by atoms with Gasteiger partial charge < -0.3 is 14.6 Å². The highest BCUT2D eigenvalue weighted by Gasteiger charge is 2.35. The number of nitrogens with zero attached hydrogens (tertiary/aromatic N) is 1. The Morgan fingerprint density at radius 1 is 1.39 bits per heavy atom. The van der Waals surface area contributed by atoms with Gasteiger partial charge in [0, 0.05) is 24.0 Å². The van der Waals surface area contributed by atoms with Crippen LogP contribution in [0.5, 0.6) is 11.5 Å². The Kier molecular flexibility index (Phi) is 6.16. The van der Waals surface area contributed by atoms with E-state index in [1.54, 1.807) is 30.4 Å². The van der Waals surface area contributed by atoms with Gasteiger partial charge in [-0.2, -0.15) is 0 Å². The van der Waals surface area contributed by atoms with Crippen LogP contribution in [0.1, 0.15) is 51.7 Å². The van der Waals surface area contributed by atoms with Crippen LogP contribution in [0.2, 0.25) is 0 Å². The number of benzene rings is 1. The number of Topliss-reactive ketones (excluding diaryl/α,β-unsaturated/α-hetero) is 1. The van der Waals surface area contributed by atoms with Crippen molar-refractivity contribution in [3.63, 3.8) is 0 Å². The van der Waals surface area contributed by atoms with Gasteiger partial charge in [-0.3, -0.25) is 14.5 Å². The maximum absolute atomic E-state index is 13.1. The third-order valence-corrected chi connectivity index (χ3v) is 6.86. The summed E-state index contributed by atoms with van der Waals surface area (Å²) < 4.78 is 11.2. The van der Waals surface area contributed by atoms with Gasteiger partial charge in [-0.1, -0.05) is 0 Å². The highest BCUT2D eigenvalue weighted by Crippen LogP contribution is 2.43. The third kappa shape index (κ3) is 4.25. The number of piperidine rings is 1. The Bertz CT molecular complexity index is 1050. The van der Waals surface area contributed by atoms with E-state index in [1.165, 1.54) is 0 Å². The molecular formula is C24H27NO5S. The number of esters is 1. The van der Waals surface area contributed by atoms with E-state index in [2.05, 4.69) is 4.90 Å². The van der Waals surface area contributed by atoms with Crippen molar-refractivity contribution in [1.29, 1.82) is 0 Å². The number of aryl methyl sites for hydroxylation is 2. The largest absolute Gasteiger partial charge is 0.507 e. The second-order valence-electron chi connectivity index (χ2n) is 8.13. The summed E-state index contributed by atoms with van der Waals surface area (Å²) in [4.78, 5) is 28.4.